The third-order valence-corrected chi connectivity index (χ3v) is 9.38. The van der Waals surface area contributed by atoms with Gasteiger partial charge in [-0.3, -0.25) is 0 Å². The van der Waals surface area contributed by atoms with Gasteiger partial charge in [-0.05, 0) is 30.5 Å². The molecular weight excluding hydrogens is 552 g/mol. The molecule has 0 radical (unpaired) electrons. The summed E-state index contributed by atoms with van der Waals surface area (Å²) in [5.74, 6) is 0. The molecule has 1 rings (SSSR count). The van der Waals surface area contributed by atoms with Gasteiger partial charge in [0.2, 0.25) is 0 Å². The summed E-state index contributed by atoms with van der Waals surface area (Å²) >= 11 is 0. The van der Waals surface area contributed by atoms with Crippen LogP contribution in [0.25, 0.3) is 0 Å². The molecule has 0 N–H and O–H groups in total. The topological polar surface area (TPSA) is 57.2 Å². The molecule has 0 bridgehead atoms. The molecule has 0 spiro atoms. The maximum absolute atomic E-state index is 11.0. The van der Waals surface area contributed by atoms with Gasteiger partial charge in [-0.25, -0.2) is 8.42 Å². The fraction of sp³-hybridized carbons (Fsp3) is 0.833. The Morgan fingerprint density at radius 2 is 0.683 bits per heavy atom. The van der Waals surface area contributed by atoms with Crippen LogP contribution in [0.15, 0.2) is 29.2 Å². The molecular formula is C36H65KO3S. The Labute approximate surface area is 299 Å². The van der Waals surface area contributed by atoms with Gasteiger partial charge in [0, 0.05) is 0 Å². The zero-order valence-electron chi connectivity index (χ0n) is 27.4. The van der Waals surface area contributed by atoms with Crippen LogP contribution in [0.1, 0.15) is 192 Å². The molecule has 0 aliphatic heterocycles. The third kappa shape index (κ3) is 28.0. The van der Waals surface area contributed by atoms with Crippen LogP contribution in [0, 0.1) is 0 Å². The van der Waals surface area contributed by atoms with Crippen molar-refractivity contribution >= 4 is 10.1 Å². The van der Waals surface area contributed by atoms with E-state index in [2.05, 4.69) is 6.92 Å². The minimum Gasteiger partial charge on any atom is -0.744 e. The standard InChI is InChI=1S/C36H66O3S.K/c1-2-3-4-5-6-7-8-9-10-11-12-13-14-15-16-17-18-19-20-21-22-23-24-25-26-27-28-29-30-35-31-33-36(34-32-35)40(37,38)39;/h31-34H,2-30H2,1H3,(H,37,38,39);/q;+1/p-1. The largest absolute Gasteiger partial charge is 1.00 e. The molecule has 0 saturated carbocycles. The quantitative estimate of drug-likeness (QED) is 0.0492. The van der Waals surface area contributed by atoms with Crippen molar-refractivity contribution in [3.05, 3.63) is 29.8 Å². The normalized spacial score (nSPS) is 11.6. The van der Waals surface area contributed by atoms with Gasteiger partial charge >= 0.3 is 51.4 Å². The fourth-order valence-corrected chi connectivity index (χ4v) is 6.29. The molecule has 1 aromatic rings. The molecule has 0 heterocycles. The van der Waals surface area contributed by atoms with Crippen LogP contribution in [0.4, 0.5) is 0 Å². The number of hydrogen-bond donors (Lipinski definition) is 0. The summed E-state index contributed by atoms with van der Waals surface area (Å²) in [5.41, 5.74) is 1.11. The van der Waals surface area contributed by atoms with E-state index in [1.165, 1.54) is 185 Å². The summed E-state index contributed by atoms with van der Waals surface area (Å²) in [5, 5.41) is 0. The van der Waals surface area contributed by atoms with Gasteiger partial charge in [0.05, 0.1) is 4.90 Å². The van der Waals surface area contributed by atoms with Crippen LogP contribution in [-0.2, 0) is 16.5 Å². The SMILES string of the molecule is CCCCCCCCCCCCCCCCCCCCCCCCCCCCCCc1ccc(S(=O)(=O)[O-])cc1.[K+]. The van der Waals surface area contributed by atoms with Crippen molar-refractivity contribution in [3.63, 3.8) is 0 Å². The first kappa shape index (κ1) is 41.8. The molecule has 0 atom stereocenters. The second-order valence-corrected chi connectivity index (χ2v) is 13.8. The van der Waals surface area contributed by atoms with Crippen molar-refractivity contribution in [1.29, 1.82) is 0 Å². The van der Waals surface area contributed by atoms with Crippen molar-refractivity contribution in [2.45, 2.75) is 198 Å². The Kier molecular flexibility index (Phi) is 31.4. The summed E-state index contributed by atoms with van der Waals surface area (Å²) in [4.78, 5) is -0.133. The van der Waals surface area contributed by atoms with E-state index in [1.54, 1.807) is 12.1 Å². The van der Waals surface area contributed by atoms with Crippen LogP contribution in [0.5, 0.6) is 0 Å². The van der Waals surface area contributed by atoms with Crippen LogP contribution < -0.4 is 51.4 Å². The van der Waals surface area contributed by atoms with E-state index in [0.717, 1.165) is 18.4 Å². The second-order valence-electron chi connectivity index (χ2n) is 12.4. The van der Waals surface area contributed by atoms with E-state index in [1.807, 2.05) is 0 Å². The minimum atomic E-state index is -4.33. The maximum Gasteiger partial charge on any atom is 1.00 e. The number of rotatable bonds is 30. The van der Waals surface area contributed by atoms with E-state index < -0.39 is 10.1 Å². The van der Waals surface area contributed by atoms with Crippen LogP contribution >= 0.6 is 0 Å². The van der Waals surface area contributed by atoms with Crippen LogP contribution in [0.2, 0.25) is 0 Å². The number of unbranched alkanes of at least 4 members (excludes halogenated alkanes) is 27. The summed E-state index contributed by atoms with van der Waals surface area (Å²) in [6.07, 6.45) is 40.5. The van der Waals surface area contributed by atoms with E-state index in [-0.39, 0.29) is 56.3 Å². The molecule has 41 heavy (non-hydrogen) atoms. The smallest absolute Gasteiger partial charge is 0.744 e. The molecule has 0 saturated heterocycles. The van der Waals surface area contributed by atoms with Crippen LogP contribution in [0.3, 0.4) is 0 Å². The van der Waals surface area contributed by atoms with Crippen LogP contribution in [-0.4, -0.2) is 13.0 Å². The molecule has 0 aliphatic rings. The van der Waals surface area contributed by atoms with Crippen molar-refractivity contribution in [2.24, 2.45) is 0 Å². The fourth-order valence-electron chi connectivity index (χ4n) is 5.82. The maximum atomic E-state index is 11.0. The molecule has 5 heteroatoms. The molecule has 0 aliphatic carbocycles. The van der Waals surface area contributed by atoms with Gasteiger partial charge in [-0.15, -0.1) is 0 Å². The summed E-state index contributed by atoms with van der Waals surface area (Å²) < 4.78 is 32.9. The van der Waals surface area contributed by atoms with Crippen molar-refractivity contribution in [2.75, 3.05) is 0 Å². The van der Waals surface area contributed by atoms with Gasteiger partial charge in [0.25, 0.3) is 0 Å². The Morgan fingerprint density at radius 1 is 0.439 bits per heavy atom. The predicted octanol–water partition coefficient (Wildman–Crippen LogP) is 9.08. The summed E-state index contributed by atoms with van der Waals surface area (Å²) in [6.45, 7) is 2.30. The number of hydrogen-bond acceptors (Lipinski definition) is 3. The van der Waals surface area contributed by atoms with Crippen molar-refractivity contribution in [1.82, 2.24) is 0 Å². The molecule has 3 nitrogen and oxygen atoms in total. The van der Waals surface area contributed by atoms with E-state index >= 15 is 0 Å². The average molecular weight is 617 g/mol. The second kappa shape index (κ2) is 30.8. The molecule has 0 unspecified atom stereocenters. The zero-order valence-corrected chi connectivity index (χ0v) is 31.4. The summed E-state index contributed by atoms with van der Waals surface area (Å²) in [7, 11) is -4.33. The molecule has 0 amide bonds. The van der Waals surface area contributed by atoms with Gasteiger partial charge in [-0.2, -0.15) is 0 Å². The van der Waals surface area contributed by atoms with Gasteiger partial charge < -0.3 is 4.55 Å². The minimum absolute atomic E-state index is 0. The first-order chi connectivity index (χ1) is 19.5. The summed E-state index contributed by atoms with van der Waals surface area (Å²) in [6, 6.07) is 6.40. The number of benzene rings is 1. The Bertz CT molecular complexity index is 764. The molecule has 0 aromatic heterocycles. The van der Waals surface area contributed by atoms with Gasteiger partial charge in [0.1, 0.15) is 10.1 Å². The molecule has 234 valence electrons. The first-order valence-corrected chi connectivity index (χ1v) is 19.0. The Hall–Kier alpha value is 0.766. The average Bonchev–Trinajstić information content (AvgIpc) is 2.94. The predicted molar refractivity (Wildman–Crippen MR) is 173 cm³/mol. The first-order valence-electron chi connectivity index (χ1n) is 17.6. The van der Waals surface area contributed by atoms with E-state index in [4.69, 9.17) is 0 Å². The van der Waals surface area contributed by atoms with Gasteiger partial charge in [0.15, 0.2) is 0 Å². The van der Waals surface area contributed by atoms with Crippen molar-refractivity contribution in [3.8, 4) is 0 Å². The Balaban J connectivity index is 0.0000160. The number of aryl methyl sites for hydroxylation is 1. The van der Waals surface area contributed by atoms with Gasteiger partial charge in [-0.1, -0.05) is 192 Å². The zero-order chi connectivity index (χ0) is 29.0. The Morgan fingerprint density at radius 3 is 0.927 bits per heavy atom. The molecule has 1 aromatic carbocycles. The van der Waals surface area contributed by atoms with E-state index in [0.29, 0.717) is 0 Å². The third-order valence-electron chi connectivity index (χ3n) is 8.53. The van der Waals surface area contributed by atoms with E-state index in [9.17, 15) is 13.0 Å². The van der Waals surface area contributed by atoms with Crippen molar-refractivity contribution < 1.29 is 64.4 Å². The molecule has 0 fully saturated rings. The monoisotopic (exact) mass is 616 g/mol.